The van der Waals surface area contributed by atoms with Gasteiger partial charge in [0, 0.05) is 11.8 Å². The largest absolute Gasteiger partial charge is 0.492 e. The van der Waals surface area contributed by atoms with Crippen LogP contribution in [0.15, 0.2) is 30.3 Å². The van der Waals surface area contributed by atoms with Gasteiger partial charge in [-0.1, -0.05) is 6.07 Å². The second kappa shape index (κ2) is 6.69. The van der Waals surface area contributed by atoms with Gasteiger partial charge in [-0.3, -0.25) is 4.79 Å². The molecule has 110 valence electrons. The molecule has 6 heteroatoms. The number of amides is 1. The first-order valence-corrected chi connectivity index (χ1v) is 6.64. The number of hydrogen-bond acceptors (Lipinski definition) is 5. The van der Waals surface area contributed by atoms with Crippen LogP contribution >= 0.6 is 0 Å². The fourth-order valence-electron chi connectivity index (χ4n) is 1.81. The molecule has 0 saturated heterocycles. The molecule has 2 rings (SSSR count). The standard InChI is InChI=1S/C15H18N4O2/c1-10-8-14(11(2)19-18-10)15(20)17-6-7-21-13-5-3-4-12(16)9-13/h3-5,8-9H,6-7,16H2,1-2H3,(H,17,20). The molecule has 0 unspecified atom stereocenters. The van der Waals surface area contributed by atoms with Gasteiger partial charge < -0.3 is 15.8 Å². The molecule has 0 aliphatic rings. The second-order valence-electron chi connectivity index (χ2n) is 4.66. The number of nitrogen functional groups attached to an aromatic ring is 1. The lowest BCUT2D eigenvalue weighted by Gasteiger charge is -2.09. The SMILES string of the molecule is Cc1cc(C(=O)NCCOc2cccc(N)c2)c(C)nn1. The van der Waals surface area contributed by atoms with Crippen molar-refractivity contribution in [3.05, 3.63) is 47.3 Å². The molecule has 21 heavy (non-hydrogen) atoms. The highest BCUT2D eigenvalue weighted by Crippen LogP contribution is 2.13. The Morgan fingerprint density at radius 2 is 2.10 bits per heavy atom. The molecule has 0 fully saturated rings. The highest BCUT2D eigenvalue weighted by atomic mass is 16.5. The Kier molecular flexibility index (Phi) is 4.71. The number of nitrogens with zero attached hydrogens (tertiary/aromatic N) is 2. The summed E-state index contributed by atoms with van der Waals surface area (Å²) in [6.45, 7) is 4.32. The molecular formula is C15H18N4O2. The molecule has 0 atom stereocenters. The Bertz CT molecular complexity index is 643. The number of carbonyl (C=O) groups excluding carboxylic acids is 1. The number of anilines is 1. The molecule has 0 aliphatic carbocycles. The van der Waals surface area contributed by atoms with Crippen molar-refractivity contribution in [2.75, 3.05) is 18.9 Å². The maximum absolute atomic E-state index is 12.0. The first kappa shape index (κ1) is 14.8. The van der Waals surface area contributed by atoms with Gasteiger partial charge in [0.25, 0.3) is 5.91 Å². The van der Waals surface area contributed by atoms with Gasteiger partial charge in [-0.25, -0.2) is 0 Å². The number of hydrogen-bond donors (Lipinski definition) is 2. The molecule has 0 bridgehead atoms. The van der Waals surface area contributed by atoms with E-state index in [2.05, 4.69) is 15.5 Å². The quantitative estimate of drug-likeness (QED) is 0.642. The summed E-state index contributed by atoms with van der Waals surface area (Å²) < 4.78 is 5.50. The molecule has 0 aliphatic heterocycles. The predicted molar refractivity (Wildman–Crippen MR) is 80.2 cm³/mol. The van der Waals surface area contributed by atoms with E-state index in [9.17, 15) is 4.79 Å². The molecular weight excluding hydrogens is 268 g/mol. The van der Waals surface area contributed by atoms with E-state index in [1.54, 1.807) is 32.0 Å². The Morgan fingerprint density at radius 1 is 1.29 bits per heavy atom. The monoisotopic (exact) mass is 286 g/mol. The van der Waals surface area contributed by atoms with E-state index in [0.29, 0.717) is 41.5 Å². The number of nitrogens with one attached hydrogen (secondary N) is 1. The fourth-order valence-corrected chi connectivity index (χ4v) is 1.81. The second-order valence-corrected chi connectivity index (χ2v) is 4.66. The van der Waals surface area contributed by atoms with Gasteiger partial charge in [-0.05, 0) is 32.0 Å². The third-order valence-electron chi connectivity index (χ3n) is 2.86. The van der Waals surface area contributed by atoms with Gasteiger partial charge in [-0.15, -0.1) is 0 Å². The van der Waals surface area contributed by atoms with E-state index in [1.807, 2.05) is 12.1 Å². The van der Waals surface area contributed by atoms with Crippen molar-refractivity contribution >= 4 is 11.6 Å². The van der Waals surface area contributed by atoms with Gasteiger partial charge in [0.15, 0.2) is 0 Å². The summed E-state index contributed by atoms with van der Waals surface area (Å²) in [7, 11) is 0. The number of nitrogens with two attached hydrogens (primary N) is 1. The third kappa shape index (κ3) is 4.17. The minimum Gasteiger partial charge on any atom is -0.492 e. The number of carbonyl (C=O) groups is 1. The summed E-state index contributed by atoms with van der Waals surface area (Å²) >= 11 is 0. The van der Waals surface area contributed by atoms with Crippen LogP contribution in [0.3, 0.4) is 0 Å². The highest BCUT2D eigenvalue weighted by Gasteiger charge is 2.10. The van der Waals surface area contributed by atoms with Gasteiger partial charge in [0.1, 0.15) is 12.4 Å². The fraction of sp³-hybridized carbons (Fsp3) is 0.267. The molecule has 1 amide bonds. The molecule has 1 aromatic carbocycles. The lowest BCUT2D eigenvalue weighted by atomic mass is 10.2. The molecule has 2 aromatic rings. The van der Waals surface area contributed by atoms with Crippen molar-refractivity contribution in [1.82, 2.24) is 15.5 Å². The predicted octanol–water partition coefficient (Wildman–Crippen LogP) is 1.48. The van der Waals surface area contributed by atoms with Crippen molar-refractivity contribution in [2.45, 2.75) is 13.8 Å². The smallest absolute Gasteiger partial charge is 0.253 e. The lowest BCUT2D eigenvalue weighted by molar-refractivity contribution is 0.0945. The number of aryl methyl sites for hydroxylation is 2. The topological polar surface area (TPSA) is 90.1 Å². The molecule has 6 nitrogen and oxygen atoms in total. The first-order chi connectivity index (χ1) is 10.1. The highest BCUT2D eigenvalue weighted by molar-refractivity contribution is 5.95. The molecule has 3 N–H and O–H groups in total. The number of rotatable bonds is 5. The Labute approximate surface area is 123 Å². The molecule has 0 radical (unpaired) electrons. The maximum atomic E-state index is 12.0. The zero-order chi connectivity index (χ0) is 15.2. The molecule has 1 heterocycles. The zero-order valence-electron chi connectivity index (χ0n) is 12.1. The maximum Gasteiger partial charge on any atom is 0.253 e. The van der Waals surface area contributed by atoms with Crippen molar-refractivity contribution in [3.63, 3.8) is 0 Å². The lowest BCUT2D eigenvalue weighted by Crippen LogP contribution is -2.29. The normalized spacial score (nSPS) is 10.2. The minimum atomic E-state index is -0.179. The van der Waals surface area contributed by atoms with E-state index in [0.717, 1.165) is 0 Å². The summed E-state index contributed by atoms with van der Waals surface area (Å²) in [5, 5.41) is 10.6. The summed E-state index contributed by atoms with van der Waals surface area (Å²) in [5.41, 5.74) is 8.15. The van der Waals surface area contributed by atoms with Gasteiger partial charge in [0.05, 0.1) is 23.5 Å². The van der Waals surface area contributed by atoms with Gasteiger partial charge in [-0.2, -0.15) is 10.2 Å². The summed E-state index contributed by atoms with van der Waals surface area (Å²) in [6.07, 6.45) is 0. The van der Waals surface area contributed by atoms with Crippen LogP contribution in [0, 0.1) is 13.8 Å². The van der Waals surface area contributed by atoms with Crippen molar-refractivity contribution in [2.24, 2.45) is 0 Å². The van der Waals surface area contributed by atoms with Crippen LogP contribution in [-0.2, 0) is 0 Å². The van der Waals surface area contributed by atoms with Crippen LogP contribution in [0.4, 0.5) is 5.69 Å². The summed E-state index contributed by atoms with van der Waals surface area (Å²) in [5.74, 6) is 0.503. The van der Waals surface area contributed by atoms with E-state index in [1.165, 1.54) is 0 Å². The average molecular weight is 286 g/mol. The van der Waals surface area contributed by atoms with Crippen LogP contribution < -0.4 is 15.8 Å². The number of aromatic nitrogens is 2. The van der Waals surface area contributed by atoms with Crippen molar-refractivity contribution in [1.29, 1.82) is 0 Å². The van der Waals surface area contributed by atoms with E-state index >= 15 is 0 Å². The Balaban J connectivity index is 1.83. The van der Waals surface area contributed by atoms with Crippen molar-refractivity contribution in [3.8, 4) is 5.75 Å². The zero-order valence-corrected chi connectivity index (χ0v) is 12.1. The molecule has 0 saturated carbocycles. The Morgan fingerprint density at radius 3 is 2.86 bits per heavy atom. The van der Waals surface area contributed by atoms with E-state index in [4.69, 9.17) is 10.5 Å². The van der Waals surface area contributed by atoms with Crippen LogP contribution in [0.2, 0.25) is 0 Å². The van der Waals surface area contributed by atoms with Gasteiger partial charge in [0.2, 0.25) is 0 Å². The van der Waals surface area contributed by atoms with Crippen LogP contribution in [0.5, 0.6) is 5.75 Å². The number of ether oxygens (including phenoxy) is 1. The van der Waals surface area contributed by atoms with Gasteiger partial charge >= 0.3 is 0 Å². The third-order valence-corrected chi connectivity index (χ3v) is 2.86. The number of benzene rings is 1. The summed E-state index contributed by atoms with van der Waals surface area (Å²) in [6, 6.07) is 8.88. The summed E-state index contributed by atoms with van der Waals surface area (Å²) in [4.78, 5) is 12.0. The molecule has 1 aromatic heterocycles. The Hall–Kier alpha value is -2.63. The average Bonchev–Trinajstić information content (AvgIpc) is 2.46. The van der Waals surface area contributed by atoms with E-state index in [-0.39, 0.29) is 5.91 Å². The van der Waals surface area contributed by atoms with Crippen molar-refractivity contribution < 1.29 is 9.53 Å². The minimum absolute atomic E-state index is 0.179. The van der Waals surface area contributed by atoms with Crippen LogP contribution in [0.25, 0.3) is 0 Å². The van der Waals surface area contributed by atoms with Crippen LogP contribution in [-0.4, -0.2) is 29.3 Å². The first-order valence-electron chi connectivity index (χ1n) is 6.64. The van der Waals surface area contributed by atoms with Crippen LogP contribution in [0.1, 0.15) is 21.7 Å². The van der Waals surface area contributed by atoms with E-state index < -0.39 is 0 Å². The molecule has 0 spiro atoms.